The van der Waals surface area contributed by atoms with E-state index >= 15 is 0 Å². The van der Waals surface area contributed by atoms with E-state index in [1.54, 1.807) is 0 Å². The van der Waals surface area contributed by atoms with E-state index in [2.05, 4.69) is 41.9 Å². The van der Waals surface area contributed by atoms with Crippen LogP contribution in [0.1, 0.15) is 48.8 Å². The second-order valence-corrected chi connectivity index (χ2v) is 6.28. The maximum absolute atomic E-state index is 6.12. The quantitative estimate of drug-likeness (QED) is 0.868. The summed E-state index contributed by atoms with van der Waals surface area (Å²) in [7, 11) is 0. The summed E-state index contributed by atoms with van der Waals surface area (Å²) in [5, 5.41) is 0. The summed E-state index contributed by atoms with van der Waals surface area (Å²) < 4.78 is 1.27. The summed E-state index contributed by atoms with van der Waals surface area (Å²) in [4.78, 5) is 0. The molecule has 1 aliphatic carbocycles. The summed E-state index contributed by atoms with van der Waals surface area (Å²) in [6.45, 7) is 5.12. The van der Waals surface area contributed by atoms with Gasteiger partial charge in [0, 0.05) is 16.4 Å². The minimum atomic E-state index is 0.216. The number of nitrogens with two attached hydrogens (primary N) is 1. The molecule has 1 saturated carbocycles. The third-order valence-corrected chi connectivity index (χ3v) is 5.22. The molecule has 1 nitrogen and oxygen atoms in total. The molecule has 0 unspecified atom stereocenters. The molecule has 2 N–H and O–H groups in total. The van der Waals surface area contributed by atoms with Crippen LogP contribution in [0.25, 0.3) is 0 Å². The van der Waals surface area contributed by atoms with Crippen molar-refractivity contribution in [1.29, 1.82) is 0 Å². The molecular weight excluding hydrogens is 274 g/mol. The van der Waals surface area contributed by atoms with Gasteiger partial charge in [0.15, 0.2) is 0 Å². The van der Waals surface area contributed by atoms with Gasteiger partial charge in [-0.2, -0.15) is 0 Å². The molecule has 0 saturated heterocycles. The van der Waals surface area contributed by atoms with Gasteiger partial charge >= 0.3 is 0 Å². The van der Waals surface area contributed by atoms with Gasteiger partial charge in [0.1, 0.15) is 0 Å². The predicted molar refractivity (Wildman–Crippen MR) is 77.4 cm³/mol. The van der Waals surface area contributed by atoms with Gasteiger partial charge in [0.05, 0.1) is 0 Å². The van der Waals surface area contributed by atoms with Gasteiger partial charge in [-0.15, -0.1) is 0 Å². The Hall–Kier alpha value is -0.340. The van der Waals surface area contributed by atoms with Crippen LogP contribution < -0.4 is 5.73 Å². The van der Waals surface area contributed by atoms with Crippen molar-refractivity contribution in [3.63, 3.8) is 0 Å². The maximum Gasteiger partial charge on any atom is 0.0242 e. The number of aryl methyl sites for hydroxylation is 2. The van der Waals surface area contributed by atoms with E-state index in [0.717, 1.165) is 6.54 Å². The average molecular weight is 296 g/mol. The number of rotatable bonds is 2. The van der Waals surface area contributed by atoms with Crippen LogP contribution in [0, 0.1) is 13.8 Å². The zero-order valence-corrected chi connectivity index (χ0v) is 12.4. The Kier molecular flexibility index (Phi) is 3.94. The first kappa shape index (κ1) is 13.1. The normalized spacial score (nSPS) is 19.3. The molecule has 94 valence electrons. The molecule has 0 aromatic heterocycles. The van der Waals surface area contributed by atoms with Crippen molar-refractivity contribution >= 4 is 15.9 Å². The van der Waals surface area contributed by atoms with Crippen LogP contribution in [-0.2, 0) is 5.41 Å². The first-order valence-electron chi connectivity index (χ1n) is 6.56. The highest BCUT2D eigenvalue weighted by molar-refractivity contribution is 9.10. The first-order chi connectivity index (χ1) is 8.09. The lowest BCUT2D eigenvalue weighted by atomic mass is 9.69. The van der Waals surface area contributed by atoms with E-state index < -0.39 is 0 Å². The molecule has 0 bridgehead atoms. The number of benzene rings is 1. The van der Waals surface area contributed by atoms with Crippen LogP contribution in [0.15, 0.2) is 16.6 Å². The molecule has 1 fully saturated rings. The first-order valence-corrected chi connectivity index (χ1v) is 7.36. The average Bonchev–Trinajstić information content (AvgIpc) is 2.34. The van der Waals surface area contributed by atoms with E-state index in [1.807, 2.05) is 0 Å². The van der Waals surface area contributed by atoms with E-state index in [9.17, 15) is 0 Å². The van der Waals surface area contributed by atoms with Gasteiger partial charge in [0.2, 0.25) is 0 Å². The Bertz CT molecular complexity index is 406. The minimum Gasteiger partial charge on any atom is -0.330 e. The van der Waals surface area contributed by atoms with Gasteiger partial charge < -0.3 is 5.73 Å². The van der Waals surface area contributed by atoms with Crippen LogP contribution in [0.2, 0.25) is 0 Å². The molecule has 1 aliphatic rings. The molecule has 1 aromatic carbocycles. The van der Waals surface area contributed by atoms with Gasteiger partial charge in [-0.3, -0.25) is 0 Å². The van der Waals surface area contributed by atoms with Crippen molar-refractivity contribution in [1.82, 2.24) is 0 Å². The lowest BCUT2D eigenvalue weighted by molar-refractivity contribution is 0.299. The number of hydrogen-bond donors (Lipinski definition) is 1. The van der Waals surface area contributed by atoms with Crippen LogP contribution in [0.3, 0.4) is 0 Å². The Balaban J connectivity index is 2.49. The van der Waals surface area contributed by atoms with Gasteiger partial charge in [0.25, 0.3) is 0 Å². The summed E-state index contributed by atoms with van der Waals surface area (Å²) in [6.07, 6.45) is 6.48. The van der Waals surface area contributed by atoms with Crippen molar-refractivity contribution < 1.29 is 0 Å². The zero-order chi connectivity index (χ0) is 12.5. The third-order valence-electron chi connectivity index (χ3n) is 4.17. The molecule has 0 heterocycles. The molecule has 2 rings (SSSR count). The molecule has 0 amide bonds. The van der Waals surface area contributed by atoms with Crippen LogP contribution in [0.5, 0.6) is 0 Å². The lowest BCUT2D eigenvalue weighted by Crippen LogP contribution is -2.37. The standard InChI is InChI=1S/C15H22BrN/c1-11-8-12(2)14(16)13(9-11)15(10-17)6-4-3-5-7-15/h8-9H,3-7,10,17H2,1-2H3. The molecule has 1 aromatic rings. The van der Waals surface area contributed by atoms with Gasteiger partial charge in [-0.05, 0) is 37.8 Å². The fraction of sp³-hybridized carbons (Fsp3) is 0.600. The van der Waals surface area contributed by atoms with Crippen molar-refractivity contribution in [3.8, 4) is 0 Å². The minimum absolute atomic E-state index is 0.216. The molecule has 0 atom stereocenters. The highest BCUT2D eigenvalue weighted by Gasteiger charge is 2.34. The van der Waals surface area contributed by atoms with Crippen molar-refractivity contribution in [2.24, 2.45) is 5.73 Å². The molecule has 17 heavy (non-hydrogen) atoms. The molecule has 0 spiro atoms. The molecule has 2 heteroatoms. The summed E-state index contributed by atoms with van der Waals surface area (Å²) >= 11 is 3.77. The fourth-order valence-electron chi connectivity index (χ4n) is 3.15. The highest BCUT2D eigenvalue weighted by atomic mass is 79.9. The van der Waals surface area contributed by atoms with E-state index in [0.29, 0.717) is 0 Å². The Morgan fingerprint density at radius 2 is 1.82 bits per heavy atom. The zero-order valence-electron chi connectivity index (χ0n) is 10.9. The van der Waals surface area contributed by atoms with Crippen molar-refractivity contribution in [2.45, 2.75) is 51.4 Å². The van der Waals surface area contributed by atoms with Crippen LogP contribution in [-0.4, -0.2) is 6.54 Å². The Labute approximate surface area is 113 Å². The second kappa shape index (κ2) is 5.11. The number of halogens is 1. The van der Waals surface area contributed by atoms with Crippen molar-refractivity contribution in [3.05, 3.63) is 33.3 Å². The molecular formula is C15H22BrN. The third kappa shape index (κ3) is 2.43. The topological polar surface area (TPSA) is 26.0 Å². The monoisotopic (exact) mass is 295 g/mol. The van der Waals surface area contributed by atoms with Gasteiger partial charge in [-0.1, -0.05) is 52.9 Å². The van der Waals surface area contributed by atoms with E-state index in [-0.39, 0.29) is 5.41 Å². The van der Waals surface area contributed by atoms with E-state index in [4.69, 9.17) is 5.73 Å². The van der Waals surface area contributed by atoms with Crippen LogP contribution >= 0.6 is 15.9 Å². The highest BCUT2D eigenvalue weighted by Crippen LogP contribution is 2.42. The smallest absolute Gasteiger partial charge is 0.0242 e. The Morgan fingerprint density at radius 1 is 1.18 bits per heavy atom. The largest absolute Gasteiger partial charge is 0.330 e. The van der Waals surface area contributed by atoms with Gasteiger partial charge in [-0.25, -0.2) is 0 Å². The summed E-state index contributed by atoms with van der Waals surface area (Å²) in [6, 6.07) is 4.57. The second-order valence-electron chi connectivity index (χ2n) is 5.49. The summed E-state index contributed by atoms with van der Waals surface area (Å²) in [5.41, 5.74) is 10.5. The maximum atomic E-state index is 6.12. The lowest BCUT2D eigenvalue weighted by Gasteiger charge is -2.38. The molecule has 0 aliphatic heterocycles. The summed E-state index contributed by atoms with van der Waals surface area (Å²) in [5.74, 6) is 0. The van der Waals surface area contributed by atoms with Crippen molar-refractivity contribution in [2.75, 3.05) is 6.54 Å². The Morgan fingerprint density at radius 3 is 2.41 bits per heavy atom. The van der Waals surface area contributed by atoms with Crippen LogP contribution in [0.4, 0.5) is 0 Å². The predicted octanol–water partition coefficient (Wildman–Crippen LogP) is 4.23. The fourth-order valence-corrected chi connectivity index (χ4v) is 3.80. The number of hydrogen-bond acceptors (Lipinski definition) is 1. The van der Waals surface area contributed by atoms with E-state index in [1.165, 1.54) is 53.3 Å². The SMILES string of the molecule is Cc1cc(C)c(Br)c(C2(CN)CCCCC2)c1. The molecule has 0 radical (unpaired) electrons.